The summed E-state index contributed by atoms with van der Waals surface area (Å²) in [4.78, 5) is 12.6. The summed E-state index contributed by atoms with van der Waals surface area (Å²) < 4.78 is 30.8. The maximum Gasteiger partial charge on any atom is 0.248 e. The van der Waals surface area contributed by atoms with E-state index in [1.807, 2.05) is 11.9 Å². The standard InChI is InChI=1S/C14H17F2NO2/c1-17(8-11-6-14(15,16)7-11)12-4-3-10(9-18)5-13(12)19-2/h3-5,9,11H,6-8H2,1-2H3. The largest absolute Gasteiger partial charge is 0.495 e. The van der Waals surface area contributed by atoms with Crippen LogP contribution < -0.4 is 9.64 Å². The van der Waals surface area contributed by atoms with E-state index in [0.717, 1.165) is 12.0 Å². The van der Waals surface area contributed by atoms with Gasteiger partial charge >= 0.3 is 0 Å². The van der Waals surface area contributed by atoms with Crippen molar-refractivity contribution in [1.29, 1.82) is 0 Å². The summed E-state index contributed by atoms with van der Waals surface area (Å²) in [5.41, 5.74) is 1.34. The van der Waals surface area contributed by atoms with Crippen LogP contribution in [0, 0.1) is 5.92 Å². The van der Waals surface area contributed by atoms with Gasteiger partial charge in [-0.1, -0.05) is 0 Å². The first-order valence-electron chi connectivity index (χ1n) is 6.17. The molecule has 2 rings (SSSR count). The van der Waals surface area contributed by atoms with Crippen LogP contribution in [0.25, 0.3) is 0 Å². The number of rotatable bonds is 5. The summed E-state index contributed by atoms with van der Waals surface area (Å²) in [6, 6.07) is 5.12. The van der Waals surface area contributed by atoms with E-state index < -0.39 is 5.92 Å². The molecule has 1 fully saturated rings. The number of hydrogen-bond donors (Lipinski definition) is 0. The zero-order valence-electron chi connectivity index (χ0n) is 11.0. The molecule has 0 atom stereocenters. The molecule has 0 saturated heterocycles. The van der Waals surface area contributed by atoms with Crippen molar-refractivity contribution in [3.63, 3.8) is 0 Å². The van der Waals surface area contributed by atoms with Gasteiger partial charge in [-0.05, 0) is 24.1 Å². The number of halogens is 2. The molecule has 1 aliphatic carbocycles. The Bertz CT molecular complexity index is 469. The van der Waals surface area contributed by atoms with E-state index in [2.05, 4.69) is 0 Å². The first-order chi connectivity index (χ1) is 8.95. The minimum atomic E-state index is -2.49. The van der Waals surface area contributed by atoms with Gasteiger partial charge in [-0.25, -0.2) is 8.78 Å². The number of nitrogens with zero attached hydrogens (tertiary/aromatic N) is 1. The monoisotopic (exact) mass is 269 g/mol. The predicted octanol–water partition coefficient (Wildman–Crippen LogP) is 2.99. The molecular formula is C14H17F2NO2. The van der Waals surface area contributed by atoms with Gasteiger partial charge < -0.3 is 9.64 Å². The normalized spacial score (nSPS) is 17.7. The Labute approximate surface area is 111 Å². The van der Waals surface area contributed by atoms with Crippen molar-refractivity contribution in [3.05, 3.63) is 23.8 Å². The van der Waals surface area contributed by atoms with E-state index in [1.165, 1.54) is 7.11 Å². The molecule has 5 heteroatoms. The van der Waals surface area contributed by atoms with Crippen LogP contribution in [0.2, 0.25) is 0 Å². The van der Waals surface area contributed by atoms with Gasteiger partial charge in [0, 0.05) is 32.0 Å². The molecule has 0 heterocycles. The number of methoxy groups -OCH3 is 1. The number of benzene rings is 1. The van der Waals surface area contributed by atoms with Crippen molar-refractivity contribution in [1.82, 2.24) is 0 Å². The van der Waals surface area contributed by atoms with E-state index in [-0.39, 0.29) is 18.8 Å². The van der Waals surface area contributed by atoms with E-state index in [4.69, 9.17) is 4.74 Å². The van der Waals surface area contributed by atoms with Crippen LogP contribution in [0.5, 0.6) is 5.75 Å². The van der Waals surface area contributed by atoms with Gasteiger partial charge in [0.05, 0.1) is 12.8 Å². The lowest BCUT2D eigenvalue weighted by Crippen LogP contribution is -2.41. The number of carbonyl (C=O) groups is 1. The molecule has 1 aliphatic rings. The van der Waals surface area contributed by atoms with Crippen molar-refractivity contribution in [2.45, 2.75) is 18.8 Å². The van der Waals surface area contributed by atoms with E-state index >= 15 is 0 Å². The number of carbonyl (C=O) groups excluding carboxylic acids is 1. The Morgan fingerprint density at radius 3 is 2.68 bits per heavy atom. The molecule has 0 radical (unpaired) electrons. The third kappa shape index (κ3) is 3.03. The smallest absolute Gasteiger partial charge is 0.248 e. The molecule has 0 aromatic heterocycles. The highest BCUT2D eigenvalue weighted by atomic mass is 19.3. The van der Waals surface area contributed by atoms with Crippen LogP contribution in [0.1, 0.15) is 23.2 Å². The Hall–Kier alpha value is -1.65. The van der Waals surface area contributed by atoms with Crippen molar-refractivity contribution in [2.75, 3.05) is 25.6 Å². The molecular weight excluding hydrogens is 252 g/mol. The Kier molecular flexibility index (Phi) is 3.73. The molecule has 0 amide bonds. The van der Waals surface area contributed by atoms with Crippen molar-refractivity contribution < 1.29 is 18.3 Å². The number of alkyl halides is 2. The summed E-state index contributed by atoms with van der Waals surface area (Å²) in [6.07, 6.45) is 0.650. The van der Waals surface area contributed by atoms with Gasteiger partial charge in [-0.15, -0.1) is 0 Å². The molecule has 19 heavy (non-hydrogen) atoms. The lowest BCUT2D eigenvalue weighted by atomic mass is 9.81. The van der Waals surface area contributed by atoms with Gasteiger partial charge in [0.15, 0.2) is 0 Å². The molecule has 104 valence electrons. The number of ether oxygens (including phenoxy) is 1. The van der Waals surface area contributed by atoms with Crippen LogP contribution in [0.4, 0.5) is 14.5 Å². The van der Waals surface area contributed by atoms with Crippen molar-refractivity contribution in [2.24, 2.45) is 5.92 Å². The second-order valence-corrected chi connectivity index (χ2v) is 5.06. The topological polar surface area (TPSA) is 29.5 Å². The third-order valence-electron chi connectivity index (χ3n) is 3.46. The Morgan fingerprint density at radius 2 is 2.16 bits per heavy atom. The summed E-state index contributed by atoms with van der Waals surface area (Å²) in [7, 11) is 3.37. The second-order valence-electron chi connectivity index (χ2n) is 5.06. The number of aldehydes is 1. The van der Waals surface area contributed by atoms with Gasteiger partial charge in [0.1, 0.15) is 12.0 Å². The van der Waals surface area contributed by atoms with E-state index in [9.17, 15) is 13.6 Å². The molecule has 3 nitrogen and oxygen atoms in total. The van der Waals surface area contributed by atoms with Gasteiger partial charge in [0.2, 0.25) is 5.92 Å². The fourth-order valence-electron chi connectivity index (χ4n) is 2.48. The fourth-order valence-corrected chi connectivity index (χ4v) is 2.48. The lowest BCUT2D eigenvalue weighted by Gasteiger charge is -2.38. The minimum Gasteiger partial charge on any atom is -0.495 e. The maximum absolute atomic E-state index is 12.8. The quantitative estimate of drug-likeness (QED) is 0.770. The predicted molar refractivity (Wildman–Crippen MR) is 69.3 cm³/mol. The third-order valence-corrected chi connectivity index (χ3v) is 3.46. The Balaban J connectivity index is 2.06. The Morgan fingerprint density at radius 1 is 1.47 bits per heavy atom. The average molecular weight is 269 g/mol. The van der Waals surface area contributed by atoms with Gasteiger partial charge in [0.25, 0.3) is 0 Å². The first-order valence-corrected chi connectivity index (χ1v) is 6.17. The molecule has 0 aliphatic heterocycles. The fraction of sp³-hybridized carbons (Fsp3) is 0.500. The highest BCUT2D eigenvalue weighted by Gasteiger charge is 2.45. The van der Waals surface area contributed by atoms with E-state index in [1.54, 1.807) is 18.2 Å². The zero-order valence-corrected chi connectivity index (χ0v) is 11.0. The SMILES string of the molecule is COc1cc(C=O)ccc1N(C)CC1CC(F)(F)C1. The molecule has 1 aromatic rings. The lowest BCUT2D eigenvalue weighted by molar-refractivity contribution is -0.107. The van der Waals surface area contributed by atoms with Crippen LogP contribution in [0.3, 0.4) is 0 Å². The number of anilines is 1. The highest BCUT2D eigenvalue weighted by molar-refractivity contribution is 5.78. The summed E-state index contributed by atoms with van der Waals surface area (Å²) >= 11 is 0. The zero-order chi connectivity index (χ0) is 14.0. The van der Waals surface area contributed by atoms with Crippen molar-refractivity contribution >= 4 is 12.0 Å². The van der Waals surface area contributed by atoms with E-state index in [0.29, 0.717) is 17.9 Å². The van der Waals surface area contributed by atoms with Crippen molar-refractivity contribution in [3.8, 4) is 5.75 Å². The molecule has 1 saturated carbocycles. The summed E-state index contributed by atoms with van der Waals surface area (Å²) in [5.74, 6) is -1.90. The van der Waals surface area contributed by atoms with Crippen LogP contribution in [-0.4, -0.2) is 32.9 Å². The molecule has 0 unspecified atom stereocenters. The van der Waals surface area contributed by atoms with Crippen LogP contribution >= 0.6 is 0 Å². The molecule has 0 spiro atoms. The molecule has 0 N–H and O–H groups in total. The summed E-state index contributed by atoms with van der Waals surface area (Å²) in [5, 5.41) is 0. The molecule has 1 aromatic carbocycles. The minimum absolute atomic E-state index is 0.00968. The van der Waals surface area contributed by atoms with Gasteiger partial charge in [-0.2, -0.15) is 0 Å². The second kappa shape index (κ2) is 5.15. The number of hydrogen-bond acceptors (Lipinski definition) is 3. The highest BCUT2D eigenvalue weighted by Crippen LogP contribution is 2.43. The van der Waals surface area contributed by atoms with Crippen LogP contribution in [0.15, 0.2) is 18.2 Å². The maximum atomic E-state index is 12.8. The first kappa shape index (κ1) is 13.8. The summed E-state index contributed by atoms with van der Waals surface area (Å²) in [6.45, 7) is 0.562. The van der Waals surface area contributed by atoms with Gasteiger partial charge in [-0.3, -0.25) is 4.79 Å². The molecule has 0 bridgehead atoms. The van der Waals surface area contributed by atoms with Crippen LogP contribution in [-0.2, 0) is 0 Å². The average Bonchev–Trinajstić information content (AvgIpc) is 2.35.